The highest BCUT2D eigenvalue weighted by atomic mass is 14.5. The Morgan fingerprint density at radius 1 is 0.462 bits per heavy atom. The maximum atomic E-state index is 2.40. The number of hydrogen-bond donors (Lipinski definition) is 0. The molecule has 2 aromatic carbocycles. The molecule has 0 nitrogen and oxygen atoms in total. The molecule has 0 saturated carbocycles. The van der Waals surface area contributed by atoms with E-state index in [0.717, 1.165) is 0 Å². The first-order valence-electron chi connectivity index (χ1n) is 10.8. The van der Waals surface area contributed by atoms with Crippen LogP contribution in [0.1, 0.15) is 90.2 Å². The molecule has 0 heterocycles. The van der Waals surface area contributed by atoms with Gasteiger partial charge in [-0.2, -0.15) is 0 Å². The SMILES string of the molecule is CCCC(CCC)(c1ccccc1)C(CCC)(CCC)c1ccccc1. The zero-order chi connectivity index (χ0) is 18.9. The Kier molecular flexibility index (Phi) is 7.94. The van der Waals surface area contributed by atoms with Crippen LogP contribution in [0.15, 0.2) is 60.7 Å². The van der Waals surface area contributed by atoms with Crippen molar-refractivity contribution in [1.29, 1.82) is 0 Å². The Labute approximate surface area is 162 Å². The van der Waals surface area contributed by atoms with Crippen molar-refractivity contribution in [2.45, 2.75) is 89.9 Å². The van der Waals surface area contributed by atoms with E-state index in [2.05, 4.69) is 88.4 Å². The van der Waals surface area contributed by atoms with Crippen LogP contribution in [0.4, 0.5) is 0 Å². The van der Waals surface area contributed by atoms with Gasteiger partial charge >= 0.3 is 0 Å². The zero-order valence-corrected chi connectivity index (χ0v) is 17.4. The van der Waals surface area contributed by atoms with Crippen molar-refractivity contribution in [3.05, 3.63) is 71.8 Å². The normalized spacial score (nSPS) is 12.3. The second kappa shape index (κ2) is 9.95. The lowest BCUT2D eigenvalue weighted by Crippen LogP contribution is -2.49. The van der Waals surface area contributed by atoms with E-state index in [4.69, 9.17) is 0 Å². The first-order valence-corrected chi connectivity index (χ1v) is 10.8. The summed E-state index contributed by atoms with van der Waals surface area (Å²) in [6.07, 6.45) is 9.99. The molecule has 0 aliphatic heterocycles. The molecule has 0 spiro atoms. The Bertz CT molecular complexity index is 542. The van der Waals surface area contributed by atoms with Crippen molar-refractivity contribution in [1.82, 2.24) is 0 Å². The van der Waals surface area contributed by atoms with E-state index in [1.807, 2.05) is 0 Å². The quantitative estimate of drug-likeness (QED) is 0.384. The lowest BCUT2D eigenvalue weighted by molar-refractivity contribution is 0.147. The molecule has 0 amide bonds. The van der Waals surface area contributed by atoms with Crippen LogP contribution in [0.25, 0.3) is 0 Å². The zero-order valence-electron chi connectivity index (χ0n) is 17.4. The summed E-state index contributed by atoms with van der Waals surface area (Å²) < 4.78 is 0. The fraction of sp³-hybridized carbons (Fsp3) is 0.538. The van der Waals surface area contributed by atoms with Gasteiger partial charge in [0.1, 0.15) is 0 Å². The van der Waals surface area contributed by atoms with E-state index in [9.17, 15) is 0 Å². The molecular weight excluding hydrogens is 312 g/mol. The predicted octanol–water partition coefficient (Wildman–Crippen LogP) is 8.06. The molecule has 0 atom stereocenters. The minimum absolute atomic E-state index is 0.213. The van der Waals surface area contributed by atoms with Crippen molar-refractivity contribution < 1.29 is 0 Å². The summed E-state index contributed by atoms with van der Waals surface area (Å²) in [4.78, 5) is 0. The lowest BCUT2D eigenvalue weighted by Gasteiger charge is -2.53. The molecule has 0 heteroatoms. The van der Waals surface area contributed by atoms with Gasteiger partial charge in [-0.25, -0.2) is 0 Å². The molecule has 0 aliphatic rings. The molecule has 0 N–H and O–H groups in total. The Balaban J connectivity index is 2.79. The average molecular weight is 351 g/mol. The van der Waals surface area contributed by atoms with Crippen LogP contribution >= 0.6 is 0 Å². The van der Waals surface area contributed by atoms with Crippen molar-refractivity contribution in [2.24, 2.45) is 0 Å². The monoisotopic (exact) mass is 350 g/mol. The van der Waals surface area contributed by atoms with Crippen LogP contribution < -0.4 is 0 Å². The van der Waals surface area contributed by atoms with Crippen LogP contribution in [0.5, 0.6) is 0 Å². The molecule has 2 rings (SSSR count). The molecule has 0 saturated heterocycles. The van der Waals surface area contributed by atoms with Crippen molar-refractivity contribution >= 4 is 0 Å². The summed E-state index contributed by atoms with van der Waals surface area (Å²) in [5.74, 6) is 0. The Morgan fingerprint density at radius 3 is 0.962 bits per heavy atom. The second-order valence-corrected chi connectivity index (χ2v) is 7.90. The third-order valence-corrected chi connectivity index (χ3v) is 6.28. The average Bonchev–Trinajstić information content (AvgIpc) is 2.69. The summed E-state index contributed by atoms with van der Waals surface area (Å²) in [7, 11) is 0. The highest BCUT2D eigenvalue weighted by Gasteiger charge is 2.50. The maximum absolute atomic E-state index is 2.40. The van der Waals surface area contributed by atoms with Crippen molar-refractivity contribution in [3.63, 3.8) is 0 Å². The third-order valence-electron chi connectivity index (χ3n) is 6.28. The first kappa shape index (κ1) is 20.7. The van der Waals surface area contributed by atoms with Gasteiger partial charge in [-0.3, -0.25) is 0 Å². The molecule has 0 aliphatic carbocycles. The van der Waals surface area contributed by atoms with Crippen LogP contribution in [0, 0.1) is 0 Å². The standard InChI is InChI=1S/C26H38/c1-5-19-25(20-6-2,23-15-11-9-12-16-23)26(21-7-3,22-8-4)24-17-13-10-14-18-24/h9-18H,5-8,19-22H2,1-4H3. The molecule has 0 fully saturated rings. The Morgan fingerprint density at radius 2 is 0.731 bits per heavy atom. The molecule has 0 radical (unpaired) electrons. The molecule has 0 bridgehead atoms. The fourth-order valence-electron chi connectivity index (χ4n) is 5.56. The highest BCUT2D eigenvalue weighted by molar-refractivity contribution is 5.39. The smallest absolute Gasteiger partial charge is 0.00496 e. The molecule has 142 valence electrons. The highest BCUT2D eigenvalue weighted by Crippen LogP contribution is 2.55. The molecule has 0 unspecified atom stereocenters. The van der Waals surface area contributed by atoms with Gasteiger partial charge in [-0.15, -0.1) is 0 Å². The number of benzene rings is 2. The predicted molar refractivity (Wildman–Crippen MR) is 116 cm³/mol. The van der Waals surface area contributed by atoms with Gasteiger partial charge in [-0.1, -0.05) is 114 Å². The van der Waals surface area contributed by atoms with Gasteiger partial charge in [-0.05, 0) is 36.8 Å². The summed E-state index contributed by atoms with van der Waals surface area (Å²) in [5.41, 5.74) is 3.53. The van der Waals surface area contributed by atoms with E-state index >= 15 is 0 Å². The van der Waals surface area contributed by atoms with E-state index in [1.165, 1.54) is 51.4 Å². The van der Waals surface area contributed by atoms with Crippen molar-refractivity contribution in [3.8, 4) is 0 Å². The topological polar surface area (TPSA) is 0 Å². The summed E-state index contributed by atoms with van der Waals surface area (Å²) in [6, 6.07) is 22.9. The van der Waals surface area contributed by atoms with Gasteiger partial charge in [0.05, 0.1) is 0 Å². The van der Waals surface area contributed by atoms with Crippen LogP contribution in [0.2, 0.25) is 0 Å². The van der Waals surface area contributed by atoms with Crippen molar-refractivity contribution in [2.75, 3.05) is 0 Å². The molecule has 0 aromatic heterocycles. The Hall–Kier alpha value is -1.56. The van der Waals surface area contributed by atoms with Gasteiger partial charge in [0.25, 0.3) is 0 Å². The molecule has 26 heavy (non-hydrogen) atoms. The lowest BCUT2D eigenvalue weighted by atomic mass is 9.50. The third kappa shape index (κ3) is 3.90. The van der Waals surface area contributed by atoms with Crippen LogP contribution in [0.3, 0.4) is 0 Å². The summed E-state index contributed by atoms with van der Waals surface area (Å²) >= 11 is 0. The number of hydrogen-bond acceptors (Lipinski definition) is 0. The fourth-order valence-corrected chi connectivity index (χ4v) is 5.56. The minimum atomic E-state index is 0.213. The molecular formula is C26H38. The summed E-state index contributed by atoms with van der Waals surface area (Å²) in [6.45, 7) is 9.45. The minimum Gasteiger partial charge on any atom is -0.0654 e. The van der Waals surface area contributed by atoms with Gasteiger partial charge < -0.3 is 0 Å². The van der Waals surface area contributed by atoms with E-state index in [-0.39, 0.29) is 10.8 Å². The van der Waals surface area contributed by atoms with Gasteiger partial charge in [0.15, 0.2) is 0 Å². The van der Waals surface area contributed by atoms with E-state index in [0.29, 0.717) is 0 Å². The summed E-state index contributed by atoms with van der Waals surface area (Å²) in [5, 5.41) is 0. The van der Waals surface area contributed by atoms with Gasteiger partial charge in [0, 0.05) is 10.8 Å². The largest absolute Gasteiger partial charge is 0.0654 e. The van der Waals surface area contributed by atoms with Crippen LogP contribution in [-0.4, -0.2) is 0 Å². The van der Waals surface area contributed by atoms with Gasteiger partial charge in [0.2, 0.25) is 0 Å². The first-order chi connectivity index (χ1) is 12.7. The maximum Gasteiger partial charge on any atom is 0.00496 e. The molecule has 2 aromatic rings. The number of rotatable bonds is 11. The van der Waals surface area contributed by atoms with E-state index in [1.54, 1.807) is 11.1 Å². The van der Waals surface area contributed by atoms with Crippen LogP contribution in [-0.2, 0) is 10.8 Å². The second-order valence-electron chi connectivity index (χ2n) is 7.90. The van der Waals surface area contributed by atoms with E-state index < -0.39 is 0 Å².